The monoisotopic (exact) mass is 363 g/mol. The van der Waals surface area contributed by atoms with Crippen molar-refractivity contribution >= 4 is 17.7 Å². The van der Waals surface area contributed by atoms with Crippen LogP contribution in [0.25, 0.3) is 0 Å². The zero-order chi connectivity index (χ0) is 18.4. The number of hydrogen-bond acceptors (Lipinski definition) is 2. The Morgan fingerprint density at radius 1 is 1.08 bits per heavy atom. The summed E-state index contributed by atoms with van der Waals surface area (Å²) in [7, 11) is 0. The van der Waals surface area contributed by atoms with Crippen LogP contribution in [-0.2, 0) is 11.2 Å². The van der Waals surface area contributed by atoms with E-state index in [0.717, 1.165) is 5.56 Å². The molecule has 25 heavy (non-hydrogen) atoms. The van der Waals surface area contributed by atoms with Crippen molar-refractivity contribution in [2.24, 2.45) is 0 Å². The van der Waals surface area contributed by atoms with Gasteiger partial charge in [0.15, 0.2) is 0 Å². The standard InChI is InChI=1S/C20H23F2NOS/c1-20(2,3)25-13-19(24)23-18(15-7-5-9-17(22)12-15)11-14-6-4-8-16(21)10-14/h4-10,12,18H,11,13H2,1-3H3,(H,23,24). The average molecular weight is 363 g/mol. The number of rotatable bonds is 6. The normalized spacial score (nSPS) is 12.7. The van der Waals surface area contributed by atoms with Crippen LogP contribution < -0.4 is 5.32 Å². The summed E-state index contributed by atoms with van der Waals surface area (Å²) in [6.45, 7) is 6.13. The molecular weight excluding hydrogens is 340 g/mol. The first-order valence-electron chi connectivity index (χ1n) is 8.16. The minimum atomic E-state index is -0.412. The molecule has 5 heteroatoms. The van der Waals surface area contributed by atoms with Crippen molar-refractivity contribution in [3.8, 4) is 0 Å². The molecule has 0 aliphatic heterocycles. The van der Waals surface area contributed by atoms with Crippen LogP contribution in [0.3, 0.4) is 0 Å². The summed E-state index contributed by atoms with van der Waals surface area (Å²) in [6.07, 6.45) is 0.396. The Morgan fingerprint density at radius 2 is 1.72 bits per heavy atom. The predicted octanol–water partition coefficient (Wildman–Crippen LogP) is 4.90. The van der Waals surface area contributed by atoms with Crippen molar-refractivity contribution in [1.82, 2.24) is 5.32 Å². The van der Waals surface area contributed by atoms with E-state index in [-0.39, 0.29) is 22.3 Å². The number of thioether (sulfide) groups is 1. The van der Waals surface area contributed by atoms with Crippen molar-refractivity contribution in [2.75, 3.05) is 5.75 Å². The fourth-order valence-corrected chi connectivity index (χ4v) is 3.04. The fourth-order valence-electron chi connectivity index (χ4n) is 2.39. The maximum atomic E-state index is 13.6. The van der Waals surface area contributed by atoms with E-state index in [1.54, 1.807) is 36.0 Å². The van der Waals surface area contributed by atoms with Gasteiger partial charge in [0.05, 0.1) is 11.8 Å². The topological polar surface area (TPSA) is 29.1 Å². The van der Waals surface area contributed by atoms with Gasteiger partial charge in [-0.15, -0.1) is 11.8 Å². The van der Waals surface area contributed by atoms with Crippen LogP contribution in [0.2, 0.25) is 0 Å². The summed E-state index contributed by atoms with van der Waals surface area (Å²) < 4.78 is 27.0. The van der Waals surface area contributed by atoms with Crippen molar-refractivity contribution in [2.45, 2.75) is 38.0 Å². The summed E-state index contributed by atoms with van der Waals surface area (Å²) in [5.41, 5.74) is 1.41. The van der Waals surface area contributed by atoms with Crippen molar-refractivity contribution in [3.05, 3.63) is 71.3 Å². The van der Waals surface area contributed by atoms with Crippen LogP contribution in [0.15, 0.2) is 48.5 Å². The Morgan fingerprint density at radius 3 is 2.32 bits per heavy atom. The minimum Gasteiger partial charge on any atom is -0.348 e. The van der Waals surface area contributed by atoms with Gasteiger partial charge < -0.3 is 5.32 Å². The van der Waals surface area contributed by atoms with E-state index >= 15 is 0 Å². The Bertz CT molecular complexity index is 728. The number of halogens is 2. The van der Waals surface area contributed by atoms with E-state index in [4.69, 9.17) is 0 Å². The van der Waals surface area contributed by atoms with Gasteiger partial charge >= 0.3 is 0 Å². The number of hydrogen-bond donors (Lipinski definition) is 1. The first kappa shape index (κ1) is 19.4. The number of carbonyl (C=O) groups excluding carboxylic acids is 1. The first-order valence-corrected chi connectivity index (χ1v) is 9.15. The highest BCUT2D eigenvalue weighted by Gasteiger charge is 2.19. The predicted molar refractivity (Wildman–Crippen MR) is 99.6 cm³/mol. The molecule has 0 spiro atoms. The van der Waals surface area contributed by atoms with Crippen LogP contribution in [0.4, 0.5) is 8.78 Å². The number of nitrogens with one attached hydrogen (secondary N) is 1. The lowest BCUT2D eigenvalue weighted by Crippen LogP contribution is -2.32. The van der Waals surface area contributed by atoms with E-state index in [2.05, 4.69) is 5.32 Å². The third-order valence-corrected chi connectivity index (χ3v) is 4.82. The largest absolute Gasteiger partial charge is 0.348 e. The molecule has 1 N–H and O–H groups in total. The zero-order valence-corrected chi connectivity index (χ0v) is 15.5. The smallest absolute Gasteiger partial charge is 0.230 e. The van der Waals surface area contributed by atoms with Gasteiger partial charge in [-0.3, -0.25) is 4.79 Å². The highest BCUT2D eigenvalue weighted by molar-refractivity contribution is 8.01. The van der Waals surface area contributed by atoms with Crippen LogP contribution in [0, 0.1) is 11.6 Å². The molecule has 2 rings (SSSR count). The summed E-state index contributed by atoms with van der Waals surface area (Å²) >= 11 is 1.54. The van der Waals surface area contributed by atoms with Gasteiger partial charge in [0.25, 0.3) is 0 Å². The molecule has 0 bridgehead atoms. The molecule has 0 heterocycles. The van der Waals surface area contributed by atoms with Crippen LogP contribution >= 0.6 is 11.8 Å². The van der Waals surface area contributed by atoms with E-state index in [1.807, 2.05) is 20.8 Å². The summed E-state index contributed by atoms with van der Waals surface area (Å²) in [5.74, 6) is -0.492. The molecule has 1 atom stereocenters. The molecule has 0 aromatic heterocycles. The van der Waals surface area contributed by atoms with Gasteiger partial charge in [-0.2, -0.15) is 0 Å². The van der Waals surface area contributed by atoms with Gasteiger partial charge in [-0.25, -0.2) is 8.78 Å². The second-order valence-electron chi connectivity index (χ2n) is 6.91. The van der Waals surface area contributed by atoms with Crippen LogP contribution in [0.1, 0.15) is 37.9 Å². The lowest BCUT2D eigenvalue weighted by molar-refractivity contribution is -0.119. The van der Waals surface area contributed by atoms with E-state index in [1.165, 1.54) is 24.3 Å². The average Bonchev–Trinajstić information content (AvgIpc) is 2.52. The fraction of sp³-hybridized carbons (Fsp3) is 0.350. The molecule has 134 valence electrons. The maximum Gasteiger partial charge on any atom is 0.230 e. The van der Waals surface area contributed by atoms with E-state index < -0.39 is 6.04 Å². The molecule has 0 fully saturated rings. The Kier molecular flexibility index (Phi) is 6.59. The van der Waals surface area contributed by atoms with Gasteiger partial charge in [0.1, 0.15) is 11.6 Å². The molecule has 2 aromatic rings. The molecule has 0 aliphatic rings. The molecule has 1 unspecified atom stereocenters. The molecule has 2 aromatic carbocycles. The van der Waals surface area contributed by atoms with Crippen molar-refractivity contribution < 1.29 is 13.6 Å². The lowest BCUT2D eigenvalue weighted by Gasteiger charge is -2.22. The van der Waals surface area contributed by atoms with Gasteiger partial charge in [0, 0.05) is 4.75 Å². The highest BCUT2D eigenvalue weighted by atomic mass is 32.2. The molecule has 2 nitrogen and oxygen atoms in total. The van der Waals surface area contributed by atoms with Crippen molar-refractivity contribution in [3.63, 3.8) is 0 Å². The second-order valence-corrected chi connectivity index (χ2v) is 8.71. The van der Waals surface area contributed by atoms with Gasteiger partial charge in [-0.05, 0) is 41.8 Å². The van der Waals surface area contributed by atoms with Crippen LogP contribution in [-0.4, -0.2) is 16.4 Å². The summed E-state index contributed by atoms with van der Waals surface area (Å²) in [6, 6.07) is 12.0. The van der Waals surface area contributed by atoms with E-state index in [9.17, 15) is 13.6 Å². The molecule has 0 saturated heterocycles. The first-order chi connectivity index (χ1) is 11.7. The highest BCUT2D eigenvalue weighted by Crippen LogP contribution is 2.24. The Labute approximate surface area is 152 Å². The molecule has 1 amide bonds. The Balaban J connectivity index is 2.16. The SMILES string of the molecule is CC(C)(C)SCC(=O)NC(Cc1cccc(F)c1)c1cccc(F)c1. The van der Waals surface area contributed by atoms with Crippen molar-refractivity contribution in [1.29, 1.82) is 0 Å². The number of amides is 1. The Hall–Kier alpha value is -1.88. The number of benzene rings is 2. The molecule has 0 radical (unpaired) electrons. The quantitative estimate of drug-likeness (QED) is 0.791. The second kappa shape index (κ2) is 8.48. The summed E-state index contributed by atoms with van der Waals surface area (Å²) in [4.78, 5) is 12.3. The molecular formula is C20H23F2NOS. The maximum absolute atomic E-state index is 13.6. The third kappa shape index (κ3) is 6.86. The molecule has 0 saturated carbocycles. The lowest BCUT2D eigenvalue weighted by atomic mass is 9.98. The zero-order valence-electron chi connectivity index (χ0n) is 14.7. The van der Waals surface area contributed by atoms with Gasteiger partial charge in [-0.1, -0.05) is 45.0 Å². The summed E-state index contributed by atoms with van der Waals surface area (Å²) in [5, 5.41) is 2.95. The minimum absolute atomic E-state index is 0.0196. The number of carbonyl (C=O) groups is 1. The van der Waals surface area contributed by atoms with Crippen LogP contribution in [0.5, 0.6) is 0 Å². The van der Waals surface area contributed by atoms with E-state index in [0.29, 0.717) is 17.7 Å². The van der Waals surface area contributed by atoms with Gasteiger partial charge in [0.2, 0.25) is 5.91 Å². The molecule has 0 aliphatic carbocycles. The third-order valence-electron chi connectivity index (χ3n) is 3.55.